The van der Waals surface area contributed by atoms with Crippen LogP contribution < -0.4 is 4.90 Å². The second-order valence-corrected chi connectivity index (χ2v) is 5.14. The summed E-state index contributed by atoms with van der Waals surface area (Å²) in [4.78, 5) is 26.9. The molecule has 1 aliphatic heterocycles. The van der Waals surface area contributed by atoms with Crippen LogP contribution in [-0.4, -0.2) is 36.3 Å². The predicted molar refractivity (Wildman–Crippen MR) is 75.7 cm³/mol. The van der Waals surface area contributed by atoms with Crippen LogP contribution in [0, 0.1) is 0 Å². The number of hydrogen-bond acceptors (Lipinski definition) is 2. The molecule has 2 amide bonds. The average Bonchev–Trinajstić information content (AvgIpc) is 2.95. The molecule has 0 saturated carbocycles. The summed E-state index contributed by atoms with van der Waals surface area (Å²) in [6.45, 7) is 3.23. The standard InChI is InChI=1S/C14H17ClN2O2/c1-11(10-18)17(13-6-4-12(15)5-7-13)14(19)16-8-2-3-9-16/h4-7,10-11H,2-3,8-9H2,1H3/t11-/m0/s1. The molecule has 2 rings (SSSR count). The van der Waals surface area contributed by atoms with Crippen molar-refractivity contribution in [2.45, 2.75) is 25.8 Å². The fourth-order valence-electron chi connectivity index (χ4n) is 2.24. The summed E-state index contributed by atoms with van der Waals surface area (Å²) in [6.07, 6.45) is 2.83. The first kappa shape index (κ1) is 13.9. The largest absolute Gasteiger partial charge is 0.325 e. The molecule has 1 saturated heterocycles. The molecule has 0 unspecified atom stereocenters. The molecule has 0 aliphatic carbocycles. The third kappa shape index (κ3) is 3.07. The first-order valence-corrected chi connectivity index (χ1v) is 6.80. The highest BCUT2D eigenvalue weighted by molar-refractivity contribution is 6.30. The summed E-state index contributed by atoms with van der Waals surface area (Å²) in [7, 11) is 0. The summed E-state index contributed by atoms with van der Waals surface area (Å²) in [5, 5.41) is 0.607. The quantitative estimate of drug-likeness (QED) is 0.799. The van der Waals surface area contributed by atoms with E-state index in [1.807, 2.05) is 0 Å². The molecule has 1 fully saturated rings. The lowest BCUT2D eigenvalue weighted by atomic mass is 10.2. The van der Waals surface area contributed by atoms with E-state index in [1.54, 1.807) is 36.1 Å². The van der Waals surface area contributed by atoms with Gasteiger partial charge in [0.25, 0.3) is 0 Å². The Morgan fingerprint density at radius 1 is 1.32 bits per heavy atom. The first-order valence-electron chi connectivity index (χ1n) is 6.42. The zero-order valence-corrected chi connectivity index (χ0v) is 11.6. The molecule has 0 N–H and O–H groups in total. The molecule has 5 heteroatoms. The van der Waals surface area contributed by atoms with Crippen molar-refractivity contribution in [3.8, 4) is 0 Å². The highest BCUT2D eigenvalue weighted by atomic mass is 35.5. The van der Waals surface area contributed by atoms with Crippen LogP contribution in [0.1, 0.15) is 19.8 Å². The lowest BCUT2D eigenvalue weighted by Gasteiger charge is -2.30. The molecule has 1 aromatic rings. The topological polar surface area (TPSA) is 40.6 Å². The van der Waals surface area contributed by atoms with Crippen molar-refractivity contribution < 1.29 is 9.59 Å². The third-order valence-electron chi connectivity index (χ3n) is 3.29. The van der Waals surface area contributed by atoms with Gasteiger partial charge in [-0.2, -0.15) is 0 Å². The van der Waals surface area contributed by atoms with Crippen LogP contribution in [-0.2, 0) is 4.79 Å². The SMILES string of the molecule is C[C@@H](C=O)N(C(=O)N1CCCC1)c1ccc(Cl)cc1. The number of rotatable bonds is 3. The first-order chi connectivity index (χ1) is 9.13. The summed E-state index contributed by atoms with van der Waals surface area (Å²) in [5.41, 5.74) is 0.695. The molecule has 102 valence electrons. The van der Waals surface area contributed by atoms with Gasteiger partial charge in [-0.1, -0.05) is 11.6 Å². The number of benzene rings is 1. The number of hydrogen-bond donors (Lipinski definition) is 0. The van der Waals surface area contributed by atoms with E-state index in [0.717, 1.165) is 32.2 Å². The number of anilines is 1. The van der Waals surface area contributed by atoms with Gasteiger partial charge in [-0.25, -0.2) is 4.79 Å². The Balaban J connectivity index is 2.27. The highest BCUT2D eigenvalue weighted by Gasteiger charge is 2.28. The second kappa shape index (κ2) is 6.06. The Morgan fingerprint density at radius 3 is 2.42 bits per heavy atom. The van der Waals surface area contributed by atoms with Crippen molar-refractivity contribution in [1.29, 1.82) is 0 Å². The van der Waals surface area contributed by atoms with Gasteiger partial charge in [0, 0.05) is 23.8 Å². The number of carbonyl (C=O) groups excluding carboxylic acids is 2. The Morgan fingerprint density at radius 2 is 1.89 bits per heavy atom. The van der Waals surface area contributed by atoms with Gasteiger partial charge in [0.05, 0.1) is 6.04 Å². The van der Waals surface area contributed by atoms with Crippen molar-refractivity contribution in [1.82, 2.24) is 4.90 Å². The highest BCUT2D eigenvalue weighted by Crippen LogP contribution is 2.22. The van der Waals surface area contributed by atoms with Gasteiger partial charge in [-0.3, -0.25) is 4.90 Å². The van der Waals surface area contributed by atoms with E-state index < -0.39 is 6.04 Å². The van der Waals surface area contributed by atoms with Gasteiger partial charge in [-0.15, -0.1) is 0 Å². The number of nitrogens with zero attached hydrogens (tertiary/aromatic N) is 2. The van der Waals surface area contributed by atoms with Gasteiger partial charge in [0.1, 0.15) is 6.29 Å². The van der Waals surface area contributed by atoms with Crippen molar-refractivity contribution in [2.75, 3.05) is 18.0 Å². The molecular weight excluding hydrogens is 264 g/mol. The predicted octanol–water partition coefficient (Wildman–Crippen LogP) is 2.95. The van der Waals surface area contributed by atoms with Crippen LogP contribution in [0.15, 0.2) is 24.3 Å². The zero-order valence-electron chi connectivity index (χ0n) is 10.9. The lowest BCUT2D eigenvalue weighted by Crippen LogP contribution is -2.47. The second-order valence-electron chi connectivity index (χ2n) is 4.70. The molecule has 0 bridgehead atoms. The normalized spacial score (nSPS) is 16.2. The van der Waals surface area contributed by atoms with Crippen molar-refractivity contribution >= 4 is 29.6 Å². The molecule has 1 aromatic carbocycles. The molecule has 0 radical (unpaired) electrons. The molecule has 4 nitrogen and oxygen atoms in total. The minimum Gasteiger partial charge on any atom is -0.324 e. The molecule has 1 heterocycles. The van der Waals surface area contributed by atoms with E-state index in [4.69, 9.17) is 11.6 Å². The zero-order chi connectivity index (χ0) is 13.8. The minimum absolute atomic E-state index is 0.112. The number of aldehydes is 1. The van der Waals surface area contributed by atoms with Crippen LogP contribution in [0.3, 0.4) is 0 Å². The molecule has 0 spiro atoms. The molecule has 1 atom stereocenters. The van der Waals surface area contributed by atoms with Crippen molar-refractivity contribution in [3.05, 3.63) is 29.3 Å². The number of urea groups is 1. The van der Waals surface area contributed by atoms with Crippen molar-refractivity contribution in [3.63, 3.8) is 0 Å². The van der Waals surface area contributed by atoms with E-state index in [-0.39, 0.29) is 6.03 Å². The van der Waals surface area contributed by atoms with Crippen LogP contribution in [0.2, 0.25) is 5.02 Å². The van der Waals surface area contributed by atoms with Crippen LogP contribution in [0.25, 0.3) is 0 Å². The molecule has 0 aromatic heterocycles. The van der Waals surface area contributed by atoms with Crippen LogP contribution in [0.5, 0.6) is 0 Å². The Kier molecular flexibility index (Phi) is 4.43. The van der Waals surface area contributed by atoms with E-state index in [2.05, 4.69) is 0 Å². The van der Waals surface area contributed by atoms with Crippen LogP contribution in [0.4, 0.5) is 10.5 Å². The molecular formula is C14H17ClN2O2. The summed E-state index contributed by atoms with van der Waals surface area (Å²) in [5.74, 6) is 0. The number of likely N-dealkylation sites (tertiary alicyclic amines) is 1. The van der Waals surface area contributed by atoms with Gasteiger partial charge < -0.3 is 9.69 Å². The third-order valence-corrected chi connectivity index (χ3v) is 3.54. The summed E-state index contributed by atoms with van der Waals surface area (Å²) in [6, 6.07) is 6.36. The number of carbonyl (C=O) groups is 2. The maximum atomic E-state index is 12.5. The summed E-state index contributed by atoms with van der Waals surface area (Å²) >= 11 is 5.85. The van der Waals surface area contributed by atoms with Gasteiger partial charge >= 0.3 is 6.03 Å². The Hall–Kier alpha value is -1.55. The van der Waals surface area contributed by atoms with Gasteiger partial charge in [-0.05, 0) is 44.0 Å². The van der Waals surface area contributed by atoms with Crippen molar-refractivity contribution in [2.24, 2.45) is 0 Å². The number of amides is 2. The fourth-order valence-corrected chi connectivity index (χ4v) is 2.37. The van der Waals surface area contributed by atoms with Crippen LogP contribution >= 0.6 is 11.6 Å². The smallest absolute Gasteiger partial charge is 0.324 e. The fraction of sp³-hybridized carbons (Fsp3) is 0.429. The van der Waals surface area contributed by atoms with Gasteiger partial charge in [0.15, 0.2) is 0 Å². The van der Waals surface area contributed by atoms with E-state index in [1.165, 1.54) is 4.90 Å². The Bertz CT molecular complexity index is 455. The summed E-state index contributed by atoms with van der Waals surface area (Å²) < 4.78 is 0. The van der Waals surface area contributed by atoms with E-state index >= 15 is 0 Å². The Labute approximate surface area is 117 Å². The van der Waals surface area contributed by atoms with E-state index in [0.29, 0.717) is 10.7 Å². The number of halogens is 1. The lowest BCUT2D eigenvalue weighted by molar-refractivity contribution is -0.108. The average molecular weight is 281 g/mol. The van der Waals surface area contributed by atoms with E-state index in [9.17, 15) is 9.59 Å². The monoisotopic (exact) mass is 280 g/mol. The molecule has 19 heavy (non-hydrogen) atoms. The maximum absolute atomic E-state index is 12.5. The minimum atomic E-state index is -0.491. The maximum Gasteiger partial charge on any atom is 0.325 e. The van der Waals surface area contributed by atoms with Gasteiger partial charge in [0.2, 0.25) is 0 Å². The molecule has 1 aliphatic rings.